The second-order valence-electron chi connectivity index (χ2n) is 6.60. The number of hydrogen-bond acceptors (Lipinski definition) is 3. The molecule has 5 heteroatoms. The lowest BCUT2D eigenvalue weighted by Crippen LogP contribution is -2.35. The molecule has 27 heavy (non-hydrogen) atoms. The van der Waals surface area contributed by atoms with Crippen molar-refractivity contribution in [3.05, 3.63) is 88.7 Å². The fraction of sp³-hybridized carbons (Fsp3) is 0.182. The lowest BCUT2D eigenvalue weighted by atomic mass is 10.0. The van der Waals surface area contributed by atoms with Crippen molar-refractivity contribution in [1.29, 1.82) is 0 Å². The summed E-state index contributed by atoms with van der Waals surface area (Å²) in [5.41, 5.74) is 4.60. The number of aromatic nitrogens is 1. The van der Waals surface area contributed by atoms with E-state index in [2.05, 4.69) is 16.4 Å². The molecule has 4 rings (SSSR count). The Morgan fingerprint density at radius 1 is 1.11 bits per heavy atom. The number of fused-ring (bicyclic) bond motifs is 1. The number of pyridine rings is 1. The number of nitrogens with zero attached hydrogens (tertiary/aromatic N) is 2. The first kappa shape index (κ1) is 17.6. The summed E-state index contributed by atoms with van der Waals surface area (Å²) in [5.74, 6) is -0.0176. The third kappa shape index (κ3) is 3.81. The fourth-order valence-corrected chi connectivity index (χ4v) is 3.60. The highest BCUT2D eigenvalue weighted by molar-refractivity contribution is 6.31. The van der Waals surface area contributed by atoms with Crippen LogP contribution in [0.4, 0.5) is 11.4 Å². The van der Waals surface area contributed by atoms with E-state index in [-0.39, 0.29) is 5.91 Å². The predicted octanol–water partition coefficient (Wildman–Crippen LogP) is 4.94. The van der Waals surface area contributed by atoms with Gasteiger partial charge in [-0.15, -0.1) is 0 Å². The predicted molar refractivity (Wildman–Crippen MR) is 109 cm³/mol. The van der Waals surface area contributed by atoms with Crippen molar-refractivity contribution in [3.8, 4) is 0 Å². The van der Waals surface area contributed by atoms with Crippen molar-refractivity contribution < 1.29 is 4.79 Å². The molecule has 2 heterocycles. The van der Waals surface area contributed by atoms with Gasteiger partial charge in [0.25, 0.3) is 5.91 Å². The average molecular weight is 378 g/mol. The zero-order valence-electron chi connectivity index (χ0n) is 14.9. The lowest BCUT2D eigenvalue weighted by molar-refractivity contribution is 0.0985. The molecule has 136 valence electrons. The number of benzene rings is 2. The third-order valence-electron chi connectivity index (χ3n) is 4.78. The molecule has 3 aromatic rings. The smallest absolute Gasteiger partial charge is 0.259 e. The van der Waals surface area contributed by atoms with Crippen LogP contribution in [-0.4, -0.2) is 17.4 Å². The van der Waals surface area contributed by atoms with Gasteiger partial charge in [0.05, 0.1) is 11.3 Å². The standard InChI is InChI=1S/C22H20ClN3O/c23-20-9-3-1-7-17(20)14-25-19-12-18(13-24-15-19)22(27)26-11-5-8-16-6-2-4-10-21(16)26/h1-4,6-7,9-10,12-13,15,25H,5,8,11,14H2. The van der Waals surface area contributed by atoms with Crippen LogP contribution < -0.4 is 10.2 Å². The van der Waals surface area contributed by atoms with Crippen LogP contribution in [0.5, 0.6) is 0 Å². The fourth-order valence-electron chi connectivity index (χ4n) is 3.39. The van der Waals surface area contributed by atoms with Crippen molar-refractivity contribution in [2.24, 2.45) is 0 Å². The summed E-state index contributed by atoms with van der Waals surface area (Å²) >= 11 is 6.21. The van der Waals surface area contributed by atoms with Crippen LogP contribution in [0.2, 0.25) is 5.02 Å². The van der Waals surface area contributed by atoms with E-state index in [1.54, 1.807) is 12.4 Å². The molecule has 1 aromatic heterocycles. The van der Waals surface area contributed by atoms with E-state index in [4.69, 9.17) is 11.6 Å². The molecule has 0 saturated heterocycles. The largest absolute Gasteiger partial charge is 0.380 e. The van der Waals surface area contributed by atoms with Crippen molar-refractivity contribution >= 4 is 28.9 Å². The van der Waals surface area contributed by atoms with E-state index >= 15 is 0 Å². The molecule has 0 radical (unpaired) electrons. The second-order valence-corrected chi connectivity index (χ2v) is 7.00. The van der Waals surface area contributed by atoms with Gasteiger partial charge in [-0.2, -0.15) is 0 Å². The van der Waals surface area contributed by atoms with Crippen molar-refractivity contribution in [2.75, 3.05) is 16.8 Å². The van der Waals surface area contributed by atoms with E-state index in [1.165, 1.54) is 5.56 Å². The monoisotopic (exact) mass is 377 g/mol. The molecule has 1 aliphatic rings. The minimum Gasteiger partial charge on any atom is -0.380 e. The van der Waals surface area contributed by atoms with Crippen LogP contribution >= 0.6 is 11.6 Å². The van der Waals surface area contributed by atoms with Gasteiger partial charge in [-0.3, -0.25) is 9.78 Å². The number of anilines is 2. The summed E-state index contributed by atoms with van der Waals surface area (Å²) in [6, 6.07) is 17.7. The first-order valence-corrected chi connectivity index (χ1v) is 9.42. The van der Waals surface area contributed by atoms with Gasteiger partial charge >= 0.3 is 0 Å². The van der Waals surface area contributed by atoms with Gasteiger partial charge in [-0.1, -0.05) is 48.0 Å². The first-order chi connectivity index (χ1) is 13.2. The Morgan fingerprint density at radius 3 is 2.81 bits per heavy atom. The molecular formula is C22H20ClN3O. The van der Waals surface area contributed by atoms with E-state index < -0.39 is 0 Å². The van der Waals surface area contributed by atoms with Crippen molar-refractivity contribution in [2.45, 2.75) is 19.4 Å². The minimum absolute atomic E-state index is 0.0176. The van der Waals surface area contributed by atoms with Gasteiger partial charge in [-0.25, -0.2) is 0 Å². The molecule has 0 atom stereocenters. The van der Waals surface area contributed by atoms with Crippen LogP contribution in [0.3, 0.4) is 0 Å². The summed E-state index contributed by atoms with van der Waals surface area (Å²) in [6.07, 6.45) is 5.33. The molecule has 0 spiro atoms. The molecule has 0 bridgehead atoms. The second kappa shape index (κ2) is 7.80. The lowest BCUT2D eigenvalue weighted by Gasteiger charge is -2.29. The Morgan fingerprint density at radius 2 is 1.93 bits per heavy atom. The normalized spacial score (nSPS) is 13.1. The molecular weight excluding hydrogens is 358 g/mol. The first-order valence-electron chi connectivity index (χ1n) is 9.04. The topological polar surface area (TPSA) is 45.2 Å². The maximum Gasteiger partial charge on any atom is 0.259 e. The van der Waals surface area contributed by atoms with Gasteiger partial charge in [-0.05, 0) is 42.2 Å². The molecule has 4 nitrogen and oxygen atoms in total. The molecule has 1 aliphatic heterocycles. The van der Waals surface area contributed by atoms with Crippen LogP contribution in [0.1, 0.15) is 27.9 Å². The minimum atomic E-state index is -0.0176. The number of para-hydroxylation sites is 1. The number of rotatable bonds is 4. The Balaban J connectivity index is 1.53. The number of carbonyl (C=O) groups excluding carboxylic acids is 1. The number of aryl methyl sites for hydroxylation is 1. The van der Waals surface area contributed by atoms with Gasteiger partial charge in [0.15, 0.2) is 0 Å². The highest BCUT2D eigenvalue weighted by Crippen LogP contribution is 2.28. The van der Waals surface area contributed by atoms with E-state index in [1.807, 2.05) is 53.4 Å². The molecule has 0 saturated carbocycles. The Kier molecular flexibility index (Phi) is 5.07. The molecule has 1 amide bonds. The van der Waals surface area contributed by atoms with Gasteiger partial charge in [0.2, 0.25) is 0 Å². The summed E-state index contributed by atoms with van der Waals surface area (Å²) in [7, 11) is 0. The molecule has 1 N–H and O–H groups in total. The summed E-state index contributed by atoms with van der Waals surface area (Å²) in [4.78, 5) is 19.2. The van der Waals surface area contributed by atoms with Crippen molar-refractivity contribution in [3.63, 3.8) is 0 Å². The molecule has 0 unspecified atom stereocenters. The Hall–Kier alpha value is -2.85. The quantitative estimate of drug-likeness (QED) is 0.700. The maximum atomic E-state index is 13.1. The SMILES string of the molecule is O=C(c1cncc(NCc2ccccc2Cl)c1)N1CCCc2ccccc21. The number of halogens is 1. The number of amides is 1. The summed E-state index contributed by atoms with van der Waals surface area (Å²) in [6.45, 7) is 1.30. The summed E-state index contributed by atoms with van der Waals surface area (Å²) in [5, 5.41) is 4.02. The van der Waals surface area contributed by atoms with Crippen LogP contribution in [0.25, 0.3) is 0 Å². The number of carbonyl (C=O) groups is 1. The Labute approximate surface area is 163 Å². The maximum absolute atomic E-state index is 13.1. The molecule has 0 aliphatic carbocycles. The average Bonchev–Trinajstić information content (AvgIpc) is 2.72. The van der Waals surface area contributed by atoms with Gasteiger partial charge in [0.1, 0.15) is 0 Å². The molecule has 0 fully saturated rings. The van der Waals surface area contributed by atoms with E-state index in [0.29, 0.717) is 12.1 Å². The zero-order valence-corrected chi connectivity index (χ0v) is 15.6. The highest BCUT2D eigenvalue weighted by Gasteiger charge is 2.23. The van der Waals surface area contributed by atoms with Crippen LogP contribution in [-0.2, 0) is 13.0 Å². The van der Waals surface area contributed by atoms with Gasteiger partial charge < -0.3 is 10.2 Å². The van der Waals surface area contributed by atoms with Crippen molar-refractivity contribution in [1.82, 2.24) is 4.98 Å². The highest BCUT2D eigenvalue weighted by atomic mass is 35.5. The number of nitrogens with one attached hydrogen (secondary N) is 1. The zero-order chi connectivity index (χ0) is 18.6. The van der Waals surface area contributed by atoms with Crippen LogP contribution in [0, 0.1) is 0 Å². The number of hydrogen-bond donors (Lipinski definition) is 1. The Bertz CT molecular complexity index is 973. The third-order valence-corrected chi connectivity index (χ3v) is 5.15. The van der Waals surface area contributed by atoms with E-state index in [0.717, 1.165) is 41.3 Å². The van der Waals surface area contributed by atoms with Gasteiger partial charge in [0, 0.05) is 36.2 Å². The summed E-state index contributed by atoms with van der Waals surface area (Å²) < 4.78 is 0. The van der Waals surface area contributed by atoms with Crippen LogP contribution in [0.15, 0.2) is 67.0 Å². The van der Waals surface area contributed by atoms with E-state index in [9.17, 15) is 4.79 Å². The molecule has 2 aromatic carbocycles.